The SMILES string of the molecule is N#CCC(=O)N[O-]. The number of carbonyl (C=O) groups is 1. The van der Waals surface area contributed by atoms with Crippen molar-refractivity contribution in [2.24, 2.45) is 0 Å². The monoisotopic (exact) mass is 99.0 g/mol. The first-order chi connectivity index (χ1) is 3.31. The largest absolute Gasteiger partial charge is 0.759 e. The van der Waals surface area contributed by atoms with Gasteiger partial charge in [-0.1, -0.05) is 0 Å². The standard InChI is InChI=1S/C3H3N2O2/c4-2-1-3(6)5-7/h1H2,(H-,5,6,7)/q-1. The highest BCUT2D eigenvalue weighted by molar-refractivity contribution is 5.78. The molecule has 0 aliphatic rings. The summed E-state index contributed by atoms with van der Waals surface area (Å²) in [5, 5.41) is 17.0. The lowest BCUT2D eigenvalue weighted by molar-refractivity contribution is -0.119. The summed E-state index contributed by atoms with van der Waals surface area (Å²) in [5.74, 6) is -0.789. The number of nitrogens with one attached hydrogen (secondary N) is 1. The van der Waals surface area contributed by atoms with Crippen LogP contribution in [0.1, 0.15) is 6.42 Å². The van der Waals surface area contributed by atoms with E-state index in [9.17, 15) is 10.0 Å². The Morgan fingerprint density at radius 2 is 2.57 bits per heavy atom. The van der Waals surface area contributed by atoms with Crippen LogP contribution in [0.3, 0.4) is 0 Å². The zero-order valence-electron chi connectivity index (χ0n) is 3.47. The molecule has 1 N–H and O–H groups in total. The zero-order chi connectivity index (χ0) is 5.70. The van der Waals surface area contributed by atoms with Gasteiger partial charge in [-0.3, -0.25) is 4.79 Å². The van der Waals surface area contributed by atoms with Gasteiger partial charge in [0.05, 0.1) is 6.07 Å². The van der Waals surface area contributed by atoms with Crippen molar-refractivity contribution >= 4 is 5.91 Å². The molecule has 38 valence electrons. The third kappa shape index (κ3) is 2.73. The Bertz CT molecular complexity index is 104. The molecule has 0 atom stereocenters. The fourth-order valence-corrected chi connectivity index (χ4v) is 0.108. The van der Waals surface area contributed by atoms with Gasteiger partial charge in [0.1, 0.15) is 6.42 Å². The van der Waals surface area contributed by atoms with Gasteiger partial charge in [0.15, 0.2) is 0 Å². The molecule has 7 heavy (non-hydrogen) atoms. The van der Waals surface area contributed by atoms with Gasteiger partial charge in [0.2, 0.25) is 5.91 Å². The topological polar surface area (TPSA) is 76.0 Å². The average Bonchev–Trinajstić information content (AvgIpc) is 1.68. The lowest BCUT2D eigenvalue weighted by atomic mass is 10.5. The van der Waals surface area contributed by atoms with Crippen molar-refractivity contribution in [3.05, 3.63) is 5.21 Å². The maximum atomic E-state index is 9.77. The quantitative estimate of drug-likeness (QED) is 0.451. The molecule has 0 saturated heterocycles. The van der Waals surface area contributed by atoms with Crippen molar-refractivity contribution in [3.63, 3.8) is 0 Å². The fourth-order valence-electron chi connectivity index (χ4n) is 0.108. The van der Waals surface area contributed by atoms with Gasteiger partial charge in [0, 0.05) is 0 Å². The minimum atomic E-state index is -0.789. The Hall–Kier alpha value is -1.08. The molecule has 0 heterocycles. The van der Waals surface area contributed by atoms with E-state index in [1.54, 1.807) is 0 Å². The first kappa shape index (κ1) is 5.92. The van der Waals surface area contributed by atoms with Gasteiger partial charge in [-0.2, -0.15) is 5.26 Å². The maximum Gasteiger partial charge on any atom is 0.223 e. The van der Waals surface area contributed by atoms with E-state index in [2.05, 4.69) is 0 Å². The molecule has 0 bridgehead atoms. The summed E-state index contributed by atoms with van der Waals surface area (Å²) in [6, 6.07) is 1.51. The van der Waals surface area contributed by atoms with Crippen LogP contribution in [0, 0.1) is 16.5 Å². The Balaban J connectivity index is 3.23. The van der Waals surface area contributed by atoms with Crippen molar-refractivity contribution in [1.29, 1.82) is 5.26 Å². The van der Waals surface area contributed by atoms with Crippen LogP contribution in [0.2, 0.25) is 0 Å². The average molecular weight is 99.1 g/mol. The van der Waals surface area contributed by atoms with Crippen LogP contribution in [0.15, 0.2) is 0 Å². The van der Waals surface area contributed by atoms with Crippen molar-refractivity contribution in [2.75, 3.05) is 0 Å². The second-order valence-electron chi connectivity index (χ2n) is 0.860. The van der Waals surface area contributed by atoms with Gasteiger partial charge in [-0.05, 0) is 0 Å². The summed E-state index contributed by atoms with van der Waals surface area (Å²) in [6.07, 6.45) is -0.358. The number of nitrogens with zero attached hydrogens (tertiary/aromatic N) is 1. The van der Waals surface area contributed by atoms with Crippen LogP contribution in [0.25, 0.3) is 0 Å². The van der Waals surface area contributed by atoms with Gasteiger partial charge in [0.25, 0.3) is 0 Å². The highest BCUT2D eigenvalue weighted by Crippen LogP contribution is 1.69. The van der Waals surface area contributed by atoms with Crippen LogP contribution >= 0.6 is 0 Å². The lowest BCUT2D eigenvalue weighted by Crippen LogP contribution is -2.13. The Labute approximate surface area is 40.3 Å². The molecule has 0 spiro atoms. The predicted octanol–water partition coefficient (Wildman–Crippen LogP) is -0.486. The number of hydroxylamine groups is 1. The molecule has 0 aromatic rings. The minimum absolute atomic E-state index is 0.358. The maximum absolute atomic E-state index is 9.77. The highest BCUT2D eigenvalue weighted by Gasteiger charge is 1.86. The fraction of sp³-hybridized carbons (Fsp3) is 0.333. The molecule has 0 fully saturated rings. The summed E-state index contributed by atoms with van der Waals surface area (Å²) in [7, 11) is 0. The smallest absolute Gasteiger partial charge is 0.223 e. The third-order valence-electron chi connectivity index (χ3n) is 0.353. The summed E-state index contributed by atoms with van der Waals surface area (Å²) >= 11 is 0. The van der Waals surface area contributed by atoms with Crippen LogP contribution < -0.4 is 5.48 Å². The molecule has 0 aromatic carbocycles. The number of nitriles is 1. The van der Waals surface area contributed by atoms with E-state index in [0.717, 1.165) is 5.48 Å². The number of hydrogen-bond donors (Lipinski definition) is 1. The van der Waals surface area contributed by atoms with Gasteiger partial charge >= 0.3 is 0 Å². The molecule has 0 aliphatic carbocycles. The Kier molecular flexibility index (Phi) is 2.64. The molecular formula is C3H3N2O2-. The molecule has 0 rings (SSSR count). The summed E-state index contributed by atoms with van der Waals surface area (Å²) in [4.78, 5) is 9.77. The van der Waals surface area contributed by atoms with Crippen LogP contribution in [-0.4, -0.2) is 5.91 Å². The molecule has 4 nitrogen and oxygen atoms in total. The zero-order valence-corrected chi connectivity index (χ0v) is 3.47. The van der Waals surface area contributed by atoms with Crippen LogP contribution in [-0.2, 0) is 4.79 Å². The molecule has 0 aliphatic heterocycles. The van der Waals surface area contributed by atoms with E-state index in [0.29, 0.717) is 0 Å². The normalized spacial score (nSPS) is 6.86. The minimum Gasteiger partial charge on any atom is -0.759 e. The number of carbonyl (C=O) groups excluding carboxylic acids is 1. The van der Waals surface area contributed by atoms with E-state index in [4.69, 9.17) is 5.26 Å². The first-order valence-electron chi connectivity index (χ1n) is 1.59. The van der Waals surface area contributed by atoms with E-state index in [1.807, 2.05) is 0 Å². The van der Waals surface area contributed by atoms with Crippen molar-refractivity contribution in [3.8, 4) is 6.07 Å². The second kappa shape index (κ2) is 3.12. The highest BCUT2D eigenvalue weighted by atomic mass is 16.5. The van der Waals surface area contributed by atoms with Gasteiger partial charge < -0.3 is 10.7 Å². The molecule has 0 saturated carbocycles. The number of amides is 1. The molecular weight excluding hydrogens is 96.0 g/mol. The summed E-state index contributed by atoms with van der Waals surface area (Å²) in [5.41, 5.74) is 1.05. The number of hydrogen-bond acceptors (Lipinski definition) is 3. The predicted molar refractivity (Wildman–Crippen MR) is 21.7 cm³/mol. The summed E-state index contributed by atoms with van der Waals surface area (Å²) in [6.45, 7) is 0. The van der Waals surface area contributed by atoms with Crippen LogP contribution in [0.5, 0.6) is 0 Å². The molecule has 1 amide bonds. The third-order valence-corrected chi connectivity index (χ3v) is 0.353. The lowest BCUT2D eigenvalue weighted by Gasteiger charge is -2.00. The Morgan fingerprint density at radius 3 is 2.71 bits per heavy atom. The van der Waals surface area contributed by atoms with Crippen molar-refractivity contribution in [1.82, 2.24) is 5.48 Å². The number of rotatable bonds is 1. The first-order valence-corrected chi connectivity index (χ1v) is 1.59. The van der Waals surface area contributed by atoms with Crippen molar-refractivity contribution < 1.29 is 4.79 Å². The van der Waals surface area contributed by atoms with E-state index in [1.165, 1.54) is 6.07 Å². The molecule has 0 radical (unpaired) electrons. The van der Waals surface area contributed by atoms with E-state index in [-0.39, 0.29) is 6.42 Å². The second-order valence-corrected chi connectivity index (χ2v) is 0.860. The Morgan fingerprint density at radius 1 is 2.00 bits per heavy atom. The molecule has 4 heteroatoms. The summed E-state index contributed by atoms with van der Waals surface area (Å²) < 4.78 is 0. The molecule has 0 unspecified atom stereocenters. The van der Waals surface area contributed by atoms with E-state index >= 15 is 0 Å². The molecule has 0 aromatic heterocycles. The van der Waals surface area contributed by atoms with Gasteiger partial charge in [-0.15, -0.1) is 0 Å². The van der Waals surface area contributed by atoms with Gasteiger partial charge in [-0.25, -0.2) is 0 Å². The van der Waals surface area contributed by atoms with Crippen molar-refractivity contribution in [2.45, 2.75) is 6.42 Å². The van der Waals surface area contributed by atoms with E-state index < -0.39 is 5.91 Å². The van der Waals surface area contributed by atoms with Crippen LogP contribution in [0.4, 0.5) is 0 Å².